The summed E-state index contributed by atoms with van der Waals surface area (Å²) in [5.41, 5.74) is 7.39. The summed E-state index contributed by atoms with van der Waals surface area (Å²) in [6.45, 7) is 4.33. The SMILES string of the molecule is COc1ccc(Br)cc1C(C(C)N)N1CCCC1. The first-order valence-corrected chi connectivity index (χ1v) is 7.26. The van der Waals surface area contributed by atoms with Crippen LogP contribution in [0, 0.1) is 0 Å². The molecular formula is C14H21BrN2O. The standard InChI is InChI=1S/C14H21BrN2O/c1-10(16)14(17-7-3-4-8-17)12-9-11(15)5-6-13(12)18-2/h5-6,9-10,14H,3-4,7-8,16H2,1-2H3. The molecule has 100 valence electrons. The Morgan fingerprint density at radius 3 is 2.56 bits per heavy atom. The van der Waals surface area contributed by atoms with Gasteiger partial charge in [0.15, 0.2) is 0 Å². The highest BCUT2D eigenvalue weighted by Gasteiger charge is 2.28. The number of benzene rings is 1. The van der Waals surface area contributed by atoms with Gasteiger partial charge in [0.2, 0.25) is 0 Å². The Hall–Kier alpha value is -0.580. The van der Waals surface area contributed by atoms with E-state index in [1.54, 1.807) is 7.11 Å². The zero-order valence-electron chi connectivity index (χ0n) is 11.0. The van der Waals surface area contributed by atoms with Crippen LogP contribution in [0.25, 0.3) is 0 Å². The molecule has 2 atom stereocenters. The van der Waals surface area contributed by atoms with Crippen molar-refractivity contribution < 1.29 is 4.74 Å². The van der Waals surface area contributed by atoms with Crippen molar-refractivity contribution in [2.24, 2.45) is 5.73 Å². The molecule has 0 amide bonds. The zero-order chi connectivity index (χ0) is 13.1. The summed E-state index contributed by atoms with van der Waals surface area (Å²) in [6.07, 6.45) is 2.53. The van der Waals surface area contributed by atoms with Gasteiger partial charge in [-0.15, -0.1) is 0 Å². The number of hydrogen-bond donors (Lipinski definition) is 1. The summed E-state index contributed by atoms with van der Waals surface area (Å²) in [5.74, 6) is 0.924. The van der Waals surface area contributed by atoms with E-state index in [0.717, 1.165) is 23.3 Å². The molecule has 3 nitrogen and oxygen atoms in total. The highest BCUT2D eigenvalue weighted by atomic mass is 79.9. The second-order valence-corrected chi connectivity index (χ2v) is 5.85. The number of nitrogens with zero attached hydrogens (tertiary/aromatic N) is 1. The fraction of sp³-hybridized carbons (Fsp3) is 0.571. The van der Waals surface area contributed by atoms with Crippen LogP contribution in [0.4, 0.5) is 0 Å². The van der Waals surface area contributed by atoms with Crippen LogP contribution >= 0.6 is 15.9 Å². The molecule has 1 saturated heterocycles. The molecule has 1 aliphatic heterocycles. The Balaban J connectivity index is 2.37. The van der Waals surface area contributed by atoms with Crippen LogP contribution < -0.4 is 10.5 Å². The first-order chi connectivity index (χ1) is 8.63. The van der Waals surface area contributed by atoms with Crippen LogP contribution in [-0.4, -0.2) is 31.1 Å². The molecule has 0 radical (unpaired) electrons. The Morgan fingerprint density at radius 2 is 2.00 bits per heavy atom. The minimum absolute atomic E-state index is 0.0892. The molecular weight excluding hydrogens is 292 g/mol. The van der Waals surface area contributed by atoms with Crippen molar-refractivity contribution in [3.8, 4) is 5.75 Å². The topological polar surface area (TPSA) is 38.5 Å². The number of hydrogen-bond acceptors (Lipinski definition) is 3. The molecule has 18 heavy (non-hydrogen) atoms. The summed E-state index contributed by atoms with van der Waals surface area (Å²) >= 11 is 3.54. The van der Waals surface area contributed by atoms with E-state index in [2.05, 4.69) is 33.8 Å². The predicted molar refractivity (Wildman–Crippen MR) is 77.9 cm³/mol. The maximum atomic E-state index is 6.21. The van der Waals surface area contributed by atoms with Crippen molar-refractivity contribution in [1.82, 2.24) is 4.90 Å². The van der Waals surface area contributed by atoms with Gasteiger partial charge in [-0.3, -0.25) is 4.90 Å². The normalized spacial score (nSPS) is 19.8. The van der Waals surface area contributed by atoms with E-state index in [-0.39, 0.29) is 12.1 Å². The maximum Gasteiger partial charge on any atom is 0.123 e. The summed E-state index contributed by atoms with van der Waals surface area (Å²) in [5, 5.41) is 0. The first-order valence-electron chi connectivity index (χ1n) is 6.46. The van der Waals surface area contributed by atoms with Crippen LogP contribution in [0.15, 0.2) is 22.7 Å². The second-order valence-electron chi connectivity index (χ2n) is 4.93. The lowest BCUT2D eigenvalue weighted by Crippen LogP contribution is -2.38. The van der Waals surface area contributed by atoms with Crippen molar-refractivity contribution >= 4 is 15.9 Å². The number of likely N-dealkylation sites (tertiary alicyclic amines) is 1. The molecule has 0 aliphatic carbocycles. The monoisotopic (exact) mass is 312 g/mol. The molecule has 1 aliphatic rings. The predicted octanol–water partition coefficient (Wildman–Crippen LogP) is 2.94. The van der Waals surface area contributed by atoms with Crippen molar-refractivity contribution in [2.75, 3.05) is 20.2 Å². The third-order valence-corrected chi connectivity index (χ3v) is 4.04. The lowest BCUT2D eigenvalue weighted by molar-refractivity contribution is 0.214. The molecule has 0 aromatic heterocycles. The molecule has 0 saturated carbocycles. The lowest BCUT2D eigenvalue weighted by atomic mass is 9.98. The van der Waals surface area contributed by atoms with E-state index in [1.807, 2.05) is 12.1 Å². The minimum Gasteiger partial charge on any atom is -0.496 e. The fourth-order valence-corrected chi connectivity index (χ4v) is 3.15. The summed E-state index contributed by atoms with van der Waals surface area (Å²) in [4.78, 5) is 2.47. The molecule has 0 bridgehead atoms. The fourth-order valence-electron chi connectivity index (χ4n) is 2.77. The van der Waals surface area contributed by atoms with Gasteiger partial charge in [0.05, 0.1) is 13.2 Å². The van der Waals surface area contributed by atoms with Gasteiger partial charge in [0.1, 0.15) is 5.75 Å². The van der Waals surface area contributed by atoms with E-state index in [4.69, 9.17) is 10.5 Å². The van der Waals surface area contributed by atoms with Crippen LogP contribution in [0.1, 0.15) is 31.4 Å². The number of nitrogens with two attached hydrogens (primary N) is 1. The van der Waals surface area contributed by atoms with Crippen molar-refractivity contribution in [3.63, 3.8) is 0 Å². The van der Waals surface area contributed by atoms with Gasteiger partial charge in [0, 0.05) is 16.1 Å². The molecule has 1 heterocycles. The highest BCUT2D eigenvalue weighted by Crippen LogP contribution is 2.35. The van der Waals surface area contributed by atoms with Gasteiger partial charge in [-0.2, -0.15) is 0 Å². The van der Waals surface area contributed by atoms with E-state index in [0.29, 0.717) is 0 Å². The van der Waals surface area contributed by atoms with Gasteiger partial charge in [0.25, 0.3) is 0 Å². The van der Waals surface area contributed by atoms with Crippen LogP contribution in [-0.2, 0) is 0 Å². The summed E-state index contributed by atoms with van der Waals surface area (Å²) in [7, 11) is 1.72. The van der Waals surface area contributed by atoms with Gasteiger partial charge in [-0.1, -0.05) is 15.9 Å². The van der Waals surface area contributed by atoms with Gasteiger partial charge in [-0.25, -0.2) is 0 Å². The first kappa shape index (κ1) is 13.8. The Kier molecular flexibility index (Phi) is 4.65. The minimum atomic E-state index is 0.0892. The number of ether oxygens (including phenoxy) is 1. The van der Waals surface area contributed by atoms with E-state index in [1.165, 1.54) is 18.4 Å². The summed E-state index contributed by atoms with van der Waals surface area (Å²) < 4.78 is 6.56. The Morgan fingerprint density at radius 1 is 1.33 bits per heavy atom. The highest BCUT2D eigenvalue weighted by molar-refractivity contribution is 9.10. The molecule has 2 unspecified atom stereocenters. The third kappa shape index (κ3) is 2.87. The molecule has 2 rings (SSSR count). The van der Waals surface area contributed by atoms with Gasteiger partial charge in [-0.05, 0) is 51.1 Å². The number of methoxy groups -OCH3 is 1. The van der Waals surface area contributed by atoms with Crippen molar-refractivity contribution in [1.29, 1.82) is 0 Å². The zero-order valence-corrected chi connectivity index (χ0v) is 12.6. The quantitative estimate of drug-likeness (QED) is 0.929. The maximum absolute atomic E-state index is 6.21. The van der Waals surface area contributed by atoms with Gasteiger partial charge >= 0.3 is 0 Å². The summed E-state index contributed by atoms with van der Waals surface area (Å²) in [6, 6.07) is 6.46. The van der Waals surface area contributed by atoms with E-state index < -0.39 is 0 Å². The number of halogens is 1. The Labute approximate surface area is 117 Å². The molecule has 1 fully saturated rings. The average molecular weight is 313 g/mol. The van der Waals surface area contributed by atoms with Crippen molar-refractivity contribution in [2.45, 2.75) is 31.8 Å². The second kappa shape index (κ2) is 6.04. The van der Waals surface area contributed by atoms with E-state index in [9.17, 15) is 0 Å². The molecule has 1 aromatic carbocycles. The molecule has 1 aromatic rings. The average Bonchev–Trinajstić information content (AvgIpc) is 2.83. The van der Waals surface area contributed by atoms with E-state index >= 15 is 0 Å². The Bertz CT molecular complexity index is 403. The van der Waals surface area contributed by atoms with Crippen molar-refractivity contribution in [3.05, 3.63) is 28.2 Å². The van der Waals surface area contributed by atoms with Crippen LogP contribution in [0.2, 0.25) is 0 Å². The molecule has 2 N–H and O–H groups in total. The number of rotatable bonds is 4. The van der Waals surface area contributed by atoms with Gasteiger partial charge < -0.3 is 10.5 Å². The molecule has 0 spiro atoms. The molecule has 4 heteroatoms. The van der Waals surface area contributed by atoms with Crippen LogP contribution in [0.5, 0.6) is 5.75 Å². The lowest BCUT2D eigenvalue weighted by Gasteiger charge is -2.32. The third-order valence-electron chi connectivity index (χ3n) is 3.54. The van der Waals surface area contributed by atoms with Crippen LogP contribution in [0.3, 0.4) is 0 Å². The largest absolute Gasteiger partial charge is 0.496 e. The smallest absolute Gasteiger partial charge is 0.123 e.